The summed E-state index contributed by atoms with van der Waals surface area (Å²) >= 11 is 0. The van der Waals surface area contributed by atoms with Crippen molar-refractivity contribution in [2.24, 2.45) is 0 Å². The SMILES string of the molecule is OCC(F)(F)C(F)(F)F.[Cl-].[Cl-].[Nb+2]. The summed E-state index contributed by atoms with van der Waals surface area (Å²) in [6.45, 7) is -2.20. The summed E-state index contributed by atoms with van der Waals surface area (Å²) in [5.41, 5.74) is 0. The fourth-order valence-electron chi connectivity index (χ4n) is 0.0896. The van der Waals surface area contributed by atoms with E-state index in [0.29, 0.717) is 0 Å². The molecule has 0 spiro atoms. The standard InChI is InChI=1S/C3H3F5O.2ClH.Nb/c4-2(5,1-9)3(6,7)8;;;/h9H,1H2;2*1H;/q;;;+2/p-2. The molecule has 1 radical (unpaired) electrons. The van der Waals surface area contributed by atoms with Gasteiger partial charge >= 0.3 is 34.5 Å². The molecule has 0 rings (SSSR count). The maximum atomic E-state index is 11.3. The van der Waals surface area contributed by atoms with Crippen LogP contribution in [0.1, 0.15) is 0 Å². The molecule has 1 N–H and O–H groups in total. The molecule has 0 unspecified atom stereocenters. The summed E-state index contributed by atoms with van der Waals surface area (Å²) in [6.07, 6.45) is -5.64. The normalized spacial score (nSPS) is 10.5. The Bertz CT molecular complexity index is 107. The van der Waals surface area contributed by atoms with Gasteiger partial charge in [-0.05, 0) is 0 Å². The van der Waals surface area contributed by atoms with Gasteiger partial charge in [0.05, 0.1) is 0 Å². The van der Waals surface area contributed by atoms with Gasteiger partial charge < -0.3 is 29.9 Å². The molecule has 0 saturated carbocycles. The molecule has 0 aromatic heterocycles. The van der Waals surface area contributed by atoms with Crippen molar-refractivity contribution in [3.8, 4) is 0 Å². The molecule has 12 heavy (non-hydrogen) atoms. The van der Waals surface area contributed by atoms with Crippen LogP contribution in [0, 0.1) is 0 Å². The predicted octanol–water partition coefficient (Wildman–Crippen LogP) is -4.82. The first-order valence-corrected chi connectivity index (χ1v) is 1.86. The topological polar surface area (TPSA) is 20.2 Å². The number of hydrogen-bond acceptors (Lipinski definition) is 1. The van der Waals surface area contributed by atoms with Gasteiger partial charge in [0.25, 0.3) is 0 Å². The molecule has 0 fully saturated rings. The van der Waals surface area contributed by atoms with E-state index in [4.69, 9.17) is 5.11 Å². The quantitative estimate of drug-likeness (QED) is 0.380. The van der Waals surface area contributed by atoms with Crippen molar-refractivity contribution in [2.75, 3.05) is 6.61 Å². The third-order valence-electron chi connectivity index (χ3n) is 0.613. The first-order valence-electron chi connectivity index (χ1n) is 1.86. The van der Waals surface area contributed by atoms with Gasteiger partial charge in [-0.2, -0.15) is 22.0 Å². The van der Waals surface area contributed by atoms with E-state index in [9.17, 15) is 22.0 Å². The molecule has 0 saturated heterocycles. The number of alkyl halides is 5. The number of hydrogen-bond donors (Lipinski definition) is 1. The van der Waals surface area contributed by atoms with Crippen LogP contribution in [0.3, 0.4) is 0 Å². The first-order chi connectivity index (χ1) is 3.81. The van der Waals surface area contributed by atoms with Crippen LogP contribution in [0.5, 0.6) is 0 Å². The van der Waals surface area contributed by atoms with Crippen molar-refractivity contribution in [3.63, 3.8) is 0 Å². The van der Waals surface area contributed by atoms with Crippen LogP contribution in [-0.2, 0) is 22.4 Å². The zero-order chi connectivity index (χ0) is 7.71. The third-order valence-corrected chi connectivity index (χ3v) is 0.613. The van der Waals surface area contributed by atoms with Gasteiger partial charge in [0.1, 0.15) is 6.61 Å². The average Bonchev–Trinajstić information content (AvgIpc) is 1.64. The van der Waals surface area contributed by atoms with E-state index in [1.165, 1.54) is 0 Å². The Labute approximate surface area is 93.0 Å². The van der Waals surface area contributed by atoms with E-state index in [2.05, 4.69) is 0 Å². The molecule has 0 aliphatic heterocycles. The van der Waals surface area contributed by atoms with Crippen LogP contribution in [-0.4, -0.2) is 23.8 Å². The van der Waals surface area contributed by atoms with E-state index in [1.54, 1.807) is 0 Å². The van der Waals surface area contributed by atoms with E-state index < -0.39 is 18.7 Å². The van der Waals surface area contributed by atoms with E-state index in [-0.39, 0.29) is 47.2 Å². The Balaban J connectivity index is -0.000000107. The van der Waals surface area contributed by atoms with Gasteiger partial charge in [-0.3, -0.25) is 0 Å². The summed E-state index contributed by atoms with van der Waals surface area (Å²) < 4.78 is 55.3. The summed E-state index contributed by atoms with van der Waals surface area (Å²) in [6, 6.07) is 0. The van der Waals surface area contributed by atoms with Crippen LogP contribution < -0.4 is 24.8 Å². The van der Waals surface area contributed by atoms with Gasteiger partial charge in [-0.25, -0.2) is 0 Å². The maximum Gasteiger partial charge on any atom is 2.00 e. The smallest absolute Gasteiger partial charge is 1.00 e. The zero-order valence-electron chi connectivity index (χ0n) is 5.25. The number of rotatable bonds is 1. The molecule has 9 heteroatoms. The minimum Gasteiger partial charge on any atom is -1.00 e. The molecule has 1 nitrogen and oxygen atoms in total. The monoisotopic (exact) mass is 313 g/mol. The van der Waals surface area contributed by atoms with E-state index in [0.717, 1.165) is 0 Å². The maximum absolute atomic E-state index is 11.3. The van der Waals surface area contributed by atoms with Gasteiger partial charge in [0.2, 0.25) is 0 Å². The second-order valence-corrected chi connectivity index (χ2v) is 1.36. The molecule has 0 bridgehead atoms. The van der Waals surface area contributed by atoms with E-state index in [1.807, 2.05) is 0 Å². The fraction of sp³-hybridized carbons (Fsp3) is 1.00. The zero-order valence-corrected chi connectivity index (χ0v) is 8.96. The minimum atomic E-state index is -5.64. The summed E-state index contributed by atoms with van der Waals surface area (Å²) in [5.74, 6) is -4.97. The first kappa shape index (κ1) is 23.1. The largest absolute Gasteiger partial charge is 2.00 e. The summed E-state index contributed by atoms with van der Waals surface area (Å²) in [4.78, 5) is 0. The van der Waals surface area contributed by atoms with Crippen molar-refractivity contribution in [2.45, 2.75) is 12.1 Å². The van der Waals surface area contributed by atoms with Crippen LogP contribution in [0.2, 0.25) is 0 Å². The van der Waals surface area contributed by atoms with Crippen LogP contribution in [0.4, 0.5) is 22.0 Å². The van der Waals surface area contributed by atoms with Crippen molar-refractivity contribution >= 4 is 0 Å². The Hall–Kier alpha value is 0.930. The molecule has 0 aromatic rings. The molecule has 0 aliphatic rings. The predicted molar refractivity (Wildman–Crippen MR) is 18.1 cm³/mol. The van der Waals surface area contributed by atoms with Crippen LogP contribution in [0.25, 0.3) is 0 Å². The number of aliphatic hydroxyl groups is 1. The molecule has 0 aliphatic carbocycles. The molecule has 0 heterocycles. The number of aliphatic hydroxyl groups excluding tert-OH is 1. The Morgan fingerprint density at radius 3 is 1.17 bits per heavy atom. The van der Waals surface area contributed by atoms with Crippen molar-refractivity contribution in [3.05, 3.63) is 0 Å². The van der Waals surface area contributed by atoms with Crippen molar-refractivity contribution < 1.29 is 74.3 Å². The second-order valence-electron chi connectivity index (χ2n) is 1.36. The van der Waals surface area contributed by atoms with E-state index >= 15 is 0 Å². The fourth-order valence-corrected chi connectivity index (χ4v) is 0.0896. The van der Waals surface area contributed by atoms with Crippen molar-refractivity contribution in [1.82, 2.24) is 0 Å². The average molecular weight is 314 g/mol. The summed E-state index contributed by atoms with van der Waals surface area (Å²) in [5, 5.41) is 7.46. The van der Waals surface area contributed by atoms with Gasteiger partial charge in [-0.15, -0.1) is 0 Å². The van der Waals surface area contributed by atoms with Gasteiger partial charge in [0.15, 0.2) is 0 Å². The summed E-state index contributed by atoms with van der Waals surface area (Å²) in [7, 11) is 0. The van der Waals surface area contributed by atoms with Crippen molar-refractivity contribution in [1.29, 1.82) is 0 Å². The molecule has 75 valence electrons. The molecule has 0 amide bonds. The van der Waals surface area contributed by atoms with Crippen LogP contribution in [0.15, 0.2) is 0 Å². The minimum absolute atomic E-state index is 0. The molecule has 0 atom stereocenters. The Kier molecular flexibility index (Phi) is 14.1. The second kappa shape index (κ2) is 7.35. The molecule has 0 aromatic carbocycles. The Morgan fingerprint density at radius 1 is 0.917 bits per heavy atom. The van der Waals surface area contributed by atoms with Gasteiger partial charge in [0, 0.05) is 0 Å². The van der Waals surface area contributed by atoms with Gasteiger partial charge in [-0.1, -0.05) is 0 Å². The Morgan fingerprint density at radius 2 is 1.17 bits per heavy atom. The molecular formula is C3H3Cl2F5NbO. The third kappa shape index (κ3) is 6.45. The number of halogens is 7. The van der Waals surface area contributed by atoms with Crippen LogP contribution >= 0.6 is 0 Å². The molecular weight excluding hydrogens is 311 g/mol.